The highest BCUT2D eigenvalue weighted by Gasteiger charge is 2.28. The van der Waals surface area contributed by atoms with Crippen molar-refractivity contribution >= 4 is 17.9 Å². The summed E-state index contributed by atoms with van der Waals surface area (Å²) in [6.07, 6.45) is -5.64. The summed E-state index contributed by atoms with van der Waals surface area (Å²) in [4.78, 5) is 34.4. The summed E-state index contributed by atoms with van der Waals surface area (Å²) < 4.78 is 45.9. The van der Waals surface area contributed by atoms with Gasteiger partial charge in [-0.25, -0.2) is 9.59 Å². The molecule has 0 saturated carbocycles. The molecular weight excluding hydrogens is 381 g/mol. The van der Waals surface area contributed by atoms with Gasteiger partial charge in [0.15, 0.2) is 12.7 Å². The Kier molecular flexibility index (Phi) is 7.83. The smallest absolute Gasteiger partial charge is 0.405 e. The summed E-state index contributed by atoms with van der Waals surface area (Å²) in [6.45, 7) is 5.14. The first kappa shape index (κ1) is 23.3. The predicted octanol–water partition coefficient (Wildman–Crippen LogP) is 2.68. The van der Waals surface area contributed by atoms with Crippen molar-refractivity contribution in [3.05, 3.63) is 29.8 Å². The zero-order chi connectivity index (χ0) is 21.5. The van der Waals surface area contributed by atoms with Crippen LogP contribution in [0.25, 0.3) is 0 Å². The van der Waals surface area contributed by atoms with Crippen LogP contribution in [-0.2, 0) is 19.7 Å². The number of benzene rings is 1. The Bertz CT molecular complexity index is 697. The van der Waals surface area contributed by atoms with Crippen LogP contribution in [0.3, 0.4) is 0 Å². The Morgan fingerprint density at radius 2 is 1.64 bits per heavy atom. The van der Waals surface area contributed by atoms with E-state index in [0.717, 1.165) is 5.56 Å². The van der Waals surface area contributed by atoms with Gasteiger partial charge in [-0.2, -0.15) is 13.2 Å². The average Bonchev–Trinajstić information content (AvgIpc) is 2.57. The molecule has 0 radical (unpaired) electrons. The van der Waals surface area contributed by atoms with Crippen LogP contribution in [0.2, 0.25) is 0 Å². The number of imide groups is 1. The van der Waals surface area contributed by atoms with Crippen LogP contribution in [0.5, 0.6) is 5.75 Å². The van der Waals surface area contributed by atoms with Gasteiger partial charge in [-0.1, -0.05) is 32.9 Å². The minimum absolute atomic E-state index is 0.0389. The summed E-state index contributed by atoms with van der Waals surface area (Å²) in [7, 11) is 0. The first-order valence-corrected chi connectivity index (χ1v) is 8.36. The number of amides is 3. The van der Waals surface area contributed by atoms with Crippen molar-refractivity contribution < 1.29 is 37.0 Å². The molecule has 3 amide bonds. The second-order valence-corrected chi connectivity index (χ2v) is 6.99. The van der Waals surface area contributed by atoms with Crippen molar-refractivity contribution in [2.75, 3.05) is 13.2 Å². The number of esters is 1. The fourth-order valence-corrected chi connectivity index (χ4v) is 1.93. The van der Waals surface area contributed by atoms with Crippen molar-refractivity contribution in [2.24, 2.45) is 0 Å². The number of halogens is 3. The number of urea groups is 1. The largest absolute Gasteiger partial charge is 0.479 e. The lowest BCUT2D eigenvalue weighted by Crippen LogP contribution is -2.45. The van der Waals surface area contributed by atoms with E-state index in [2.05, 4.69) is 25.5 Å². The lowest BCUT2D eigenvalue weighted by Gasteiger charge is -2.20. The maximum Gasteiger partial charge on any atom is 0.405 e. The van der Waals surface area contributed by atoms with Crippen molar-refractivity contribution in [3.8, 4) is 5.75 Å². The first-order valence-electron chi connectivity index (χ1n) is 8.36. The fourth-order valence-electron chi connectivity index (χ4n) is 1.93. The highest BCUT2D eigenvalue weighted by atomic mass is 19.4. The monoisotopic (exact) mass is 404 g/mol. The number of carbonyl (C=O) groups excluding carboxylic acids is 3. The molecule has 0 saturated heterocycles. The predicted molar refractivity (Wildman–Crippen MR) is 93.8 cm³/mol. The third-order valence-corrected chi connectivity index (χ3v) is 3.41. The molecule has 2 N–H and O–H groups in total. The van der Waals surface area contributed by atoms with Crippen LogP contribution in [0, 0.1) is 0 Å². The van der Waals surface area contributed by atoms with E-state index in [-0.39, 0.29) is 5.41 Å². The van der Waals surface area contributed by atoms with Gasteiger partial charge >= 0.3 is 18.2 Å². The molecule has 0 spiro atoms. The van der Waals surface area contributed by atoms with Crippen LogP contribution >= 0.6 is 0 Å². The molecule has 0 aliphatic rings. The summed E-state index contributed by atoms with van der Waals surface area (Å²) in [5.74, 6) is -1.52. The second kappa shape index (κ2) is 9.43. The molecule has 0 aliphatic heterocycles. The van der Waals surface area contributed by atoms with E-state index in [4.69, 9.17) is 4.74 Å². The average molecular weight is 404 g/mol. The Morgan fingerprint density at radius 3 is 2.14 bits per heavy atom. The third kappa shape index (κ3) is 8.74. The van der Waals surface area contributed by atoms with Gasteiger partial charge in [-0.3, -0.25) is 10.1 Å². The zero-order valence-electron chi connectivity index (χ0n) is 16.0. The van der Waals surface area contributed by atoms with Crippen molar-refractivity contribution in [1.82, 2.24) is 10.6 Å². The number of carbonyl (C=O) groups is 3. The van der Waals surface area contributed by atoms with E-state index in [1.807, 2.05) is 12.1 Å². The second-order valence-electron chi connectivity index (χ2n) is 6.99. The highest BCUT2D eigenvalue weighted by Crippen LogP contribution is 2.24. The molecule has 156 valence electrons. The number of hydrogen-bond donors (Lipinski definition) is 2. The lowest BCUT2D eigenvalue weighted by molar-refractivity contribution is -0.154. The van der Waals surface area contributed by atoms with E-state index in [0.29, 0.717) is 5.75 Å². The molecule has 0 aliphatic carbocycles. The van der Waals surface area contributed by atoms with Crippen LogP contribution in [0.1, 0.15) is 33.3 Å². The Labute approximate surface area is 160 Å². The van der Waals surface area contributed by atoms with Crippen molar-refractivity contribution in [3.63, 3.8) is 0 Å². The van der Waals surface area contributed by atoms with E-state index in [1.165, 1.54) is 12.2 Å². The van der Waals surface area contributed by atoms with Crippen LogP contribution in [0.4, 0.5) is 18.0 Å². The Morgan fingerprint density at radius 1 is 1.07 bits per heavy atom. The van der Waals surface area contributed by atoms with Gasteiger partial charge in [0, 0.05) is 0 Å². The fraction of sp³-hybridized carbons (Fsp3) is 0.500. The number of alkyl halides is 3. The highest BCUT2D eigenvalue weighted by molar-refractivity contribution is 5.95. The third-order valence-electron chi connectivity index (χ3n) is 3.41. The topological polar surface area (TPSA) is 93.7 Å². The molecule has 1 aromatic carbocycles. The number of ether oxygens (including phenoxy) is 2. The van der Waals surface area contributed by atoms with Gasteiger partial charge in [0.1, 0.15) is 12.3 Å². The molecule has 28 heavy (non-hydrogen) atoms. The minimum atomic E-state index is -4.61. The minimum Gasteiger partial charge on any atom is -0.479 e. The molecule has 1 atom stereocenters. The molecule has 10 heteroatoms. The van der Waals surface area contributed by atoms with E-state index in [9.17, 15) is 27.6 Å². The van der Waals surface area contributed by atoms with Gasteiger partial charge in [-0.15, -0.1) is 0 Å². The molecule has 0 bridgehead atoms. The van der Waals surface area contributed by atoms with E-state index in [1.54, 1.807) is 17.4 Å². The van der Waals surface area contributed by atoms with Crippen LogP contribution in [-0.4, -0.2) is 43.3 Å². The lowest BCUT2D eigenvalue weighted by atomic mass is 9.87. The van der Waals surface area contributed by atoms with Crippen molar-refractivity contribution in [1.29, 1.82) is 0 Å². The maximum atomic E-state index is 11.9. The zero-order valence-corrected chi connectivity index (χ0v) is 16.0. The van der Waals surface area contributed by atoms with E-state index >= 15 is 0 Å². The number of nitrogens with one attached hydrogen (secondary N) is 2. The van der Waals surface area contributed by atoms with Crippen LogP contribution in [0.15, 0.2) is 24.3 Å². The van der Waals surface area contributed by atoms with Gasteiger partial charge in [0.05, 0.1) is 0 Å². The SMILES string of the molecule is C[C@@H](Oc1ccc(C(C)(C)C)cc1)C(=O)OCC(=O)NC(=O)NCC(F)(F)F. The van der Waals surface area contributed by atoms with Crippen molar-refractivity contribution in [2.45, 2.75) is 45.4 Å². The first-order chi connectivity index (χ1) is 12.8. The summed E-state index contributed by atoms with van der Waals surface area (Å²) in [5, 5.41) is 3.06. The molecule has 1 rings (SSSR count). The summed E-state index contributed by atoms with van der Waals surface area (Å²) in [5.41, 5.74) is 1.04. The molecule has 0 aromatic heterocycles. The van der Waals surface area contributed by atoms with Gasteiger partial charge in [0.25, 0.3) is 5.91 Å². The maximum absolute atomic E-state index is 11.9. The molecule has 0 unspecified atom stereocenters. The summed E-state index contributed by atoms with van der Waals surface area (Å²) >= 11 is 0. The molecule has 0 fully saturated rings. The molecule has 0 heterocycles. The van der Waals surface area contributed by atoms with E-state index < -0.39 is 43.3 Å². The normalized spacial score (nSPS) is 12.7. The Hall–Kier alpha value is -2.78. The molecule has 1 aromatic rings. The van der Waals surface area contributed by atoms with Crippen LogP contribution < -0.4 is 15.4 Å². The molecule has 7 nitrogen and oxygen atoms in total. The Balaban J connectivity index is 2.42. The van der Waals surface area contributed by atoms with Gasteiger partial charge < -0.3 is 14.8 Å². The molecular formula is C18H23F3N2O5. The van der Waals surface area contributed by atoms with Gasteiger partial charge in [0.2, 0.25) is 0 Å². The number of hydrogen-bond acceptors (Lipinski definition) is 5. The quantitative estimate of drug-likeness (QED) is 0.711. The number of rotatable bonds is 6. The standard InChI is InChI=1S/C18H23F3N2O5/c1-11(28-13-7-5-12(6-8-13)17(2,3)4)15(25)27-9-14(24)23-16(26)22-10-18(19,20)21/h5-8,11H,9-10H2,1-4H3,(H2,22,23,24,26)/t11-/m1/s1. The van der Waals surface area contributed by atoms with Gasteiger partial charge in [-0.05, 0) is 30.0 Å². The summed E-state index contributed by atoms with van der Waals surface area (Å²) in [6, 6.07) is 5.77.